The lowest BCUT2D eigenvalue weighted by Crippen LogP contribution is -2.55. The molecule has 1 aromatic rings. The summed E-state index contributed by atoms with van der Waals surface area (Å²) < 4.78 is 0. The number of amides is 1. The molecule has 2 N–H and O–H groups in total. The zero-order chi connectivity index (χ0) is 13.7. The number of carbonyl (C=O) groups is 1. The molecule has 1 saturated heterocycles. The number of carbonyl (C=O) groups excluding carboxylic acids is 1. The van der Waals surface area contributed by atoms with E-state index in [1.54, 1.807) is 0 Å². The average Bonchev–Trinajstić information content (AvgIpc) is 2.45. The maximum Gasteiger partial charge on any atom is 0.238 e. The molecule has 2 rings (SSSR count). The van der Waals surface area contributed by atoms with Crippen LogP contribution in [-0.2, 0) is 17.8 Å². The Morgan fingerprint density at radius 2 is 2.05 bits per heavy atom. The number of nitrogens with one attached hydrogen (secondary N) is 2. The highest BCUT2D eigenvalue weighted by Gasteiger charge is 2.22. The first kappa shape index (κ1) is 14.0. The van der Waals surface area contributed by atoms with Gasteiger partial charge in [0.1, 0.15) is 0 Å². The van der Waals surface area contributed by atoms with Crippen LogP contribution in [0, 0.1) is 0 Å². The molecule has 19 heavy (non-hydrogen) atoms. The Balaban J connectivity index is 1.82. The van der Waals surface area contributed by atoms with E-state index in [0.717, 1.165) is 31.6 Å². The molecular formula is C15H23N3O. The van der Waals surface area contributed by atoms with Crippen molar-refractivity contribution in [1.82, 2.24) is 15.5 Å². The van der Waals surface area contributed by atoms with Gasteiger partial charge < -0.3 is 15.5 Å². The highest BCUT2D eigenvalue weighted by molar-refractivity contribution is 5.82. The van der Waals surface area contributed by atoms with Gasteiger partial charge in [0, 0.05) is 26.2 Å². The molecule has 1 amide bonds. The number of rotatable bonds is 4. The second-order valence-corrected chi connectivity index (χ2v) is 5.16. The van der Waals surface area contributed by atoms with Crippen molar-refractivity contribution in [3.8, 4) is 0 Å². The third kappa shape index (κ3) is 4.04. The number of nitrogens with zero attached hydrogens (tertiary/aromatic N) is 1. The standard InChI is InChI=1S/C15H23N3O/c1-3-12-4-6-13(7-5-12)10-17-15(19)14-11-18(2)9-8-16-14/h4-7,14,16H,3,8-11H2,1-2H3,(H,17,19). The lowest BCUT2D eigenvalue weighted by atomic mass is 10.1. The second-order valence-electron chi connectivity index (χ2n) is 5.16. The summed E-state index contributed by atoms with van der Waals surface area (Å²) in [5, 5.41) is 6.25. The predicted octanol–water partition coefficient (Wildman–Crippen LogP) is 0.769. The van der Waals surface area contributed by atoms with Gasteiger partial charge in [0.25, 0.3) is 0 Å². The van der Waals surface area contributed by atoms with Crippen LogP contribution >= 0.6 is 0 Å². The van der Waals surface area contributed by atoms with Gasteiger partial charge in [-0.2, -0.15) is 0 Å². The van der Waals surface area contributed by atoms with Gasteiger partial charge >= 0.3 is 0 Å². The monoisotopic (exact) mass is 261 g/mol. The number of hydrogen-bond donors (Lipinski definition) is 2. The van der Waals surface area contributed by atoms with Gasteiger partial charge in [0.05, 0.1) is 6.04 Å². The van der Waals surface area contributed by atoms with Gasteiger partial charge in [-0.15, -0.1) is 0 Å². The Bertz CT molecular complexity index is 416. The molecule has 1 aliphatic rings. The Kier molecular flexibility index (Phi) is 4.93. The van der Waals surface area contributed by atoms with Gasteiger partial charge in [-0.05, 0) is 24.6 Å². The van der Waals surface area contributed by atoms with Gasteiger partial charge in [-0.3, -0.25) is 4.79 Å². The highest BCUT2D eigenvalue weighted by atomic mass is 16.2. The van der Waals surface area contributed by atoms with Crippen molar-refractivity contribution in [3.63, 3.8) is 0 Å². The quantitative estimate of drug-likeness (QED) is 0.841. The normalized spacial score (nSPS) is 20.2. The van der Waals surface area contributed by atoms with Crippen molar-refractivity contribution in [2.45, 2.75) is 25.9 Å². The first-order valence-electron chi connectivity index (χ1n) is 6.96. The lowest BCUT2D eigenvalue weighted by Gasteiger charge is -2.29. The molecule has 0 aromatic heterocycles. The topological polar surface area (TPSA) is 44.4 Å². The van der Waals surface area contributed by atoms with Crippen molar-refractivity contribution in [2.24, 2.45) is 0 Å². The first-order valence-corrected chi connectivity index (χ1v) is 6.96. The maximum absolute atomic E-state index is 12.0. The van der Waals surface area contributed by atoms with Crippen LogP contribution in [-0.4, -0.2) is 43.5 Å². The molecule has 4 nitrogen and oxygen atoms in total. The van der Waals surface area contributed by atoms with Gasteiger partial charge in [0.2, 0.25) is 5.91 Å². The highest BCUT2D eigenvalue weighted by Crippen LogP contribution is 2.05. The largest absolute Gasteiger partial charge is 0.351 e. The number of benzene rings is 1. The van der Waals surface area contributed by atoms with Crippen LogP contribution in [0.5, 0.6) is 0 Å². The summed E-state index contributed by atoms with van der Waals surface area (Å²) >= 11 is 0. The summed E-state index contributed by atoms with van der Waals surface area (Å²) in [4.78, 5) is 14.2. The average molecular weight is 261 g/mol. The van der Waals surface area contributed by atoms with Crippen LogP contribution in [0.15, 0.2) is 24.3 Å². The van der Waals surface area contributed by atoms with Gasteiger partial charge in [0.15, 0.2) is 0 Å². The van der Waals surface area contributed by atoms with Crippen molar-refractivity contribution >= 4 is 5.91 Å². The van der Waals surface area contributed by atoms with E-state index in [1.165, 1.54) is 5.56 Å². The Labute approximate surface area is 115 Å². The maximum atomic E-state index is 12.0. The Hall–Kier alpha value is -1.39. The van der Waals surface area contributed by atoms with Crippen LogP contribution in [0.3, 0.4) is 0 Å². The van der Waals surface area contributed by atoms with Crippen molar-refractivity contribution < 1.29 is 4.79 Å². The molecule has 104 valence electrons. The van der Waals surface area contributed by atoms with E-state index >= 15 is 0 Å². The van der Waals surface area contributed by atoms with E-state index in [2.05, 4.69) is 46.7 Å². The fraction of sp³-hybridized carbons (Fsp3) is 0.533. The molecule has 1 aromatic carbocycles. The van der Waals surface area contributed by atoms with E-state index < -0.39 is 0 Å². The number of likely N-dealkylation sites (N-methyl/N-ethyl adjacent to an activating group) is 1. The van der Waals surface area contributed by atoms with Crippen molar-refractivity contribution in [1.29, 1.82) is 0 Å². The molecular weight excluding hydrogens is 238 g/mol. The summed E-state index contributed by atoms with van der Waals surface area (Å²) in [5.41, 5.74) is 2.47. The molecule has 0 radical (unpaired) electrons. The zero-order valence-corrected chi connectivity index (χ0v) is 11.8. The molecule has 1 fully saturated rings. The molecule has 4 heteroatoms. The van der Waals surface area contributed by atoms with Crippen LogP contribution in [0.4, 0.5) is 0 Å². The molecule has 0 bridgehead atoms. The van der Waals surface area contributed by atoms with Crippen molar-refractivity contribution in [3.05, 3.63) is 35.4 Å². The molecule has 0 spiro atoms. The summed E-state index contributed by atoms with van der Waals surface area (Å²) in [6.45, 7) is 5.40. The van der Waals surface area contributed by atoms with Crippen LogP contribution < -0.4 is 10.6 Å². The number of hydrogen-bond acceptors (Lipinski definition) is 3. The molecule has 1 heterocycles. The van der Waals surface area contributed by atoms with Gasteiger partial charge in [-0.25, -0.2) is 0 Å². The summed E-state index contributed by atoms with van der Waals surface area (Å²) in [6.07, 6.45) is 1.05. The minimum atomic E-state index is -0.0892. The fourth-order valence-corrected chi connectivity index (χ4v) is 2.28. The molecule has 0 aliphatic carbocycles. The minimum absolute atomic E-state index is 0.0890. The minimum Gasteiger partial charge on any atom is -0.351 e. The van der Waals surface area contributed by atoms with Crippen LogP contribution in [0.2, 0.25) is 0 Å². The third-order valence-electron chi connectivity index (χ3n) is 3.59. The molecule has 1 aliphatic heterocycles. The fourth-order valence-electron chi connectivity index (χ4n) is 2.28. The SMILES string of the molecule is CCc1ccc(CNC(=O)C2CN(C)CCN2)cc1. The van der Waals surface area contributed by atoms with E-state index in [1.807, 2.05) is 7.05 Å². The summed E-state index contributed by atoms with van der Waals surface area (Å²) in [7, 11) is 2.05. The van der Waals surface area contributed by atoms with Gasteiger partial charge in [-0.1, -0.05) is 31.2 Å². The number of piperazine rings is 1. The van der Waals surface area contributed by atoms with Crippen molar-refractivity contribution in [2.75, 3.05) is 26.7 Å². The van der Waals surface area contributed by atoms with Crippen LogP contribution in [0.1, 0.15) is 18.1 Å². The predicted molar refractivity (Wildman–Crippen MR) is 77.0 cm³/mol. The summed E-state index contributed by atoms with van der Waals surface area (Å²) in [5.74, 6) is 0.0890. The molecule has 1 unspecified atom stereocenters. The van der Waals surface area contributed by atoms with E-state index in [-0.39, 0.29) is 11.9 Å². The summed E-state index contributed by atoms with van der Waals surface area (Å²) in [6, 6.07) is 8.31. The third-order valence-corrected chi connectivity index (χ3v) is 3.59. The molecule has 1 atom stereocenters. The van der Waals surface area contributed by atoms with E-state index in [9.17, 15) is 4.79 Å². The number of aryl methyl sites for hydroxylation is 1. The lowest BCUT2D eigenvalue weighted by molar-refractivity contribution is -0.124. The molecule has 0 saturated carbocycles. The van der Waals surface area contributed by atoms with Crippen LogP contribution in [0.25, 0.3) is 0 Å². The Morgan fingerprint density at radius 3 is 2.68 bits per heavy atom. The first-order chi connectivity index (χ1) is 9.19. The van der Waals surface area contributed by atoms with E-state index in [0.29, 0.717) is 6.54 Å². The zero-order valence-electron chi connectivity index (χ0n) is 11.8. The smallest absolute Gasteiger partial charge is 0.238 e. The second kappa shape index (κ2) is 6.68. The van der Waals surface area contributed by atoms with E-state index in [4.69, 9.17) is 0 Å². The Morgan fingerprint density at radius 1 is 1.37 bits per heavy atom.